The van der Waals surface area contributed by atoms with E-state index in [1.54, 1.807) is 0 Å². The highest BCUT2D eigenvalue weighted by atomic mass is 32.2. The van der Waals surface area contributed by atoms with E-state index in [1.165, 1.54) is 0 Å². The minimum Gasteiger partial charge on any atom is -0.282 e. The lowest BCUT2D eigenvalue weighted by molar-refractivity contribution is 0.481. The fourth-order valence-corrected chi connectivity index (χ4v) is 6.25. The number of hydrogen-bond donors (Lipinski definition) is 4. The number of rotatable bonds is 5. The van der Waals surface area contributed by atoms with Crippen LogP contribution in [0.25, 0.3) is 32.7 Å². The maximum absolute atomic E-state index is 11.9. The van der Waals surface area contributed by atoms with Crippen LogP contribution in [0.5, 0.6) is 0 Å². The van der Waals surface area contributed by atoms with Gasteiger partial charge in [0.15, 0.2) is 0 Å². The van der Waals surface area contributed by atoms with Gasteiger partial charge in [0.05, 0.1) is 9.79 Å². The van der Waals surface area contributed by atoms with Crippen LogP contribution in [0.2, 0.25) is 0 Å². The predicted octanol–water partition coefficient (Wildman–Crippen LogP) is 2.65. The summed E-state index contributed by atoms with van der Waals surface area (Å²) in [6, 6.07) is 9.88. The molecule has 0 fully saturated rings. The van der Waals surface area contributed by atoms with Crippen molar-refractivity contribution in [1.82, 2.24) is 0 Å². The molecular formula is C20H14O12S4. The number of fused-ring (bicyclic) bond motifs is 2. The molecular weight excluding hydrogens is 560 g/mol. The van der Waals surface area contributed by atoms with Gasteiger partial charge in [0.1, 0.15) is 9.79 Å². The smallest absolute Gasteiger partial charge is 0.282 e. The van der Waals surface area contributed by atoms with Gasteiger partial charge in [-0.25, -0.2) is 0 Å². The molecule has 0 spiro atoms. The molecule has 36 heavy (non-hydrogen) atoms. The molecule has 0 aromatic heterocycles. The third kappa shape index (κ3) is 4.72. The molecule has 0 saturated heterocycles. The summed E-state index contributed by atoms with van der Waals surface area (Å²) < 4.78 is 133. The van der Waals surface area contributed by atoms with Crippen molar-refractivity contribution in [3.63, 3.8) is 0 Å². The van der Waals surface area contributed by atoms with Crippen LogP contribution in [0.15, 0.2) is 80.2 Å². The van der Waals surface area contributed by atoms with E-state index >= 15 is 0 Å². The van der Waals surface area contributed by atoms with Gasteiger partial charge < -0.3 is 0 Å². The van der Waals surface area contributed by atoms with Crippen molar-refractivity contribution in [2.24, 2.45) is 0 Å². The van der Waals surface area contributed by atoms with Gasteiger partial charge in [-0.05, 0) is 58.3 Å². The highest BCUT2D eigenvalue weighted by molar-refractivity contribution is 7.86. The zero-order valence-corrected chi connectivity index (χ0v) is 20.7. The Bertz CT molecular complexity index is 1880. The standard InChI is InChI=1S/C20H14O12S4/c21-33(22,23)11-1-3-15-17(9-11)13(5-7-19(15)35(27,28)29)14-6-8-20(36(30,31)32)16-4-2-12(10-18(14)16)34(24,25)26/h1-10H,(H,21,22,23)(H,24,25,26)(H,27,28,29)(H,30,31,32). The second kappa shape index (κ2) is 8.29. The van der Waals surface area contributed by atoms with Crippen LogP contribution in [0, 0.1) is 0 Å². The Labute approximate surface area is 204 Å². The highest BCUT2D eigenvalue weighted by Gasteiger charge is 2.23. The van der Waals surface area contributed by atoms with Crippen LogP contribution in [0.4, 0.5) is 0 Å². The first kappa shape index (κ1) is 26.1. The van der Waals surface area contributed by atoms with E-state index in [-0.39, 0.29) is 32.7 Å². The van der Waals surface area contributed by atoms with Crippen molar-refractivity contribution in [1.29, 1.82) is 0 Å². The van der Waals surface area contributed by atoms with Crippen LogP contribution in [0.3, 0.4) is 0 Å². The second-order valence-electron chi connectivity index (χ2n) is 7.54. The molecule has 0 atom stereocenters. The zero-order valence-electron chi connectivity index (χ0n) is 17.5. The molecule has 0 saturated carbocycles. The molecule has 4 aromatic rings. The molecule has 0 radical (unpaired) electrons. The molecule has 4 rings (SSSR count). The molecule has 0 heterocycles. The van der Waals surface area contributed by atoms with Crippen molar-refractivity contribution in [3.05, 3.63) is 60.7 Å². The molecule has 0 bridgehead atoms. The minimum absolute atomic E-state index is 0.0299. The maximum Gasteiger partial charge on any atom is 0.295 e. The Morgan fingerprint density at radius 1 is 0.389 bits per heavy atom. The quantitative estimate of drug-likeness (QED) is 0.253. The van der Waals surface area contributed by atoms with Crippen LogP contribution in [-0.4, -0.2) is 51.9 Å². The van der Waals surface area contributed by atoms with Gasteiger partial charge in [-0.15, -0.1) is 0 Å². The normalized spacial score (nSPS) is 13.3. The average Bonchev–Trinajstić information content (AvgIpc) is 2.74. The van der Waals surface area contributed by atoms with Crippen molar-refractivity contribution < 1.29 is 51.9 Å². The maximum atomic E-state index is 11.9. The SMILES string of the molecule is O=S(=O)(O)c1ccc2c(S(=O)(=O)O)ccc(-c3ccc(S(=O)(=O)O)c4ccc(S(=O)(=O)O)cc34)c2c1. The Morgan fingerprint density at radius 2 is 0.722 bits per heavy atom. The fraction of sp³-hybridized carbons (Fsp3) is 0. The summed E-state index contributed by atoms with van der Waals surface area (Å²) in [5, 5.41) is -0.641. The first-order valence-electron chi connectivity index (χ1n) is 9.43. The van der Waals surface area contributed by atoms with Gasteiger partial charge in [-0.1, -0.05) is 24.3 Å². The summed E-state index contributed by atoms with van der Waals surface area (Å²) in [7, 11) is -19.2. The van der Waals surface area contributed by atoms with Gasteiger partial charge in [0.2, 0.25) is 0 Å². The molecule has 16 heteroatoms. The Hall–Kier alpha value is -2.96. The Kier molecular flexibility index (Phi) is 6.01. The highest BCUT2D eigenvalue weighted by Crippen LogP contribution is 2.39. The van der Waals surface area contributed by atoms with Crippen molar-refractivity contribution in [2.75, 3.05) is 0 Å². The molecule has 4 N–H and O–H groups in total. The lowest BCUT2D eigenvalue weighted by atomic mass is 9.94. The average molecular weight is 575 g/mol. The summed E-state index contributed by atoms with van der Waals surface area (Å²) in [4.78, 5) is -2.50. The van der Waals surface area contributed by atoms with Crippen LogP contribution < -0.4 is 0 Å². The summed E-state index contributed by atoms with van der Waals surface area (Å²) >= 11 is 0. The topological polar surface area (TPSA) is 217 Å². The van der Waals surface area contributed by atoms with Gasteiger partial charge in [0.25, 0.3) is 40.5 Å². The van der Waals surface area contributed by atoms with Crippen LogP contribution >= 0.6 is 0 Å². The molecule has 0 aliphatic heterocycles. The number of hydrogen-bond acceptors (Lipinski definition) is 8. The van der Waals surface area contributed by atoms with E-state index in [4.69, 9.17) is 0 Å². The second-order valence-corrected chi connectivity index (χ2v) is 13.2. The van der Waals surface area contributed by atoms with E-state index in [2.05, 4.69) is 0 Å². The molecule has 0 aliphatic carbocycles. The largest absolute Gasteiger partial charge is 0.295 e. The third-order valence-corrected chi connectivity index (χ3v) is 8.86. The van der Waals surface area contributed by atoms with Crippen LogP contribution in [0.1, 0.15) is 0 Å². The summed E-state index contributed by atoms with van der Waals surface area (Å²) in [6.07, 6.45) is 0. The van der Waals surface area contributed by atoms with Crippen molar-refractivity contribution in [2.45, 2.75) is 19.6 Å². The van der Waals surface area contributed by atoms with Gasteiger partial charge in [-0.3, -0.25) is 18.2 Å². The Balaban J connectivity index is 2.24. The fourth-order valence-electron chi connectivity index (χ4n) is 3.84. The zero-order chi connectivity index (χ0) is 26.8. The molecule has 4 aromatic carbocycles. The van der Waals surface area contributed by atoms with E-state index in [1.807, 2.05) is 0 Å². The first-order valence-corrected chi connectivity index (χ1v) is 15.2. The predicted molar refractivity (Wildman–Crippen MR) is 126 cm³/mol. The van der Waals surface area contributed by atoms with E-state index in [0.29, 0.717) is 0 Å². The van der Waals surface area contributed by atoms with Gasteiger partial charge in [0, 0.05) is 10.8 Å². The monoisotopic (exact) mass is 574 g/mol. The summed E-state index contributed by atoms with van der Waals surface area (Å²) in [6.45, 7) is 0. The number of benzene rings is 4. The molecule has 190 valence electrons. The van der Waals surface area contributed by atoms with Gasteiger partial charge >= 0.3 is 0 Å². The molecule has 0 amide bonds. The van der Waals surface area contributed by atoms with E-state index in [0.717, 1.165) is 60.7 Å². The van der Waals surface area contributed by atoms with E-state index in [9.17, 15) is 51.9 Å². The third-order valence-electron chi connectivity index (χ3n) is 5.34. The van der Waals surface area contributed by atoms with E-state index < -0.39 is 60.1 Å². The Morgan fingerprint density at radius 3 is 1.00 bits per heavy atom. The first-order chi connectivity index (χ1) is 16.4. The summed E-state index contributed by atoms with van der Waals surface area (Å²) in [5.74, 6) is 0. The minimum atomic E-state index is -4.81. The lowest BCUT2D eigenvalue weighted by Gasteiger charge is -2.15. The molecule has 12 nitrogen and oxygen atoms in total. The van der Waals surface area contributed by atoms with Crippen LogP contribution in [-0.2, 0) is 40.5 Å². The molecule has 0 unspecified atom stereocenters. The van der Waals surface area contributed by atoms with Gasteiger partial charge in [-0.2, -0.15) is 33.7 Å². The summed E-state index contributed by atoms with van der Waals surface area (Å²) in [5.41, 5.74) is 0.0598. The van der Waals surface area contributed by atoms with Crippen molar-refractivity contribution >= 4 is 62.0 Å². The lowest BCUT2D eigenvalue weighted by Crippen LogP contribution is -2.03. The van der Waals surface area contributed by atoms with Crippen molar-refractivity contribution in [3.8, 4) is 11.1 Å². The molecule has 0 aliphatic rings.